The number of aliphatic hydroxyl groups is 1. The predicted octanol–water partition coefficient (Wildman–Crippen LogP) is 0.318. The van der Waals surface area contributed by atoms with Gasteiger partial charge in [0.2, 0.25) is 0 Å². The molecule has 6 heteroatoms. The highest BCUT2D eigenvalue weighted by atomic mass is 16.4. The SMILES string of the molecule is CN(C)c1cccc(C(=O)NCC[C@H](O)C(=O)O)c1. The summed E-state index contributed by atoms with van der Waals surface area (Å²) in [4.78, 5) is 24.1. The zero-order chi connectivity index (χ0) is 14.4. The largest absolute Gasteiger partial charge is 0.479 e. The number of carbonyl (C=O) groups excluding carboxylic acids is 1. The van der Waals surface area contributed by atoms with Crippen LogP contribution in [0, 0.1) is 0 Å². The molecule has 1 atom stereocenters. The van der Waals surface area contributed by atoms with E-state index < -0.39 is 12.1 Å². The van der Waals surface area contributed by atoms with E-state index in [0.29, 0.717) is 5.56 Å². The number of anilines is 1. The molecule has 0 saturated carbocycles. The molecule has 19 heavy (non-hydrogen) atoms. The van der Waals surface area contributed by atoms with Gasteiger partial charge in [-0.15, -0.1) is 0 Å². The van der Waals surface area contributed by atoms with E-state index in [0.717, 1.165) is 5.69 Å². The second kappa shape index (κ2) is 6.75. The molecule has 0 aliphatic rings. The van der Waals surface area contributed by atoms with Crippen molar-refractivity contribution >= 4 is 17.6 Å². The van der Waals surface area contributed by atoms with Crippen LogP contribution in [-0.2, 0) is 4.79 Å². The average molecular weight is 266 g/mol. The molecule has 1 amide bonds. The van der Waals surface area contributed by atoms with Gasteiger partial charge in [0, 0.05) is 38.3 Å². The first-order valence-electron chi connectivity index (χ1n) is 5.88. The Kier molecular flexibility index (Phi) is 5.32. The van der Waals surface area contributed by atoms with Crippen LogP contribution in [-0.4, -0.2) is 48.8 Å². The third kappa shape index (κ3) is 4.59. The number of carboxylic acid groups (broad SMARTS) is 1. The monoisotopic (exact) mass is 266 g/mol. The normalized spacial score (nSPS) is 11.7. The highest BCUT2D eigenvalue weighted by Gasteiger charge is 2.13. The summed E-state index contributed by atoms with van der Waals surface area (Å²) in [6, 6.07) is 7.07. The van der Waals surface area contributed by atoms with Crippen LogP contribution >= 0.6 is 0 Å². The fourth-order valence-electron chi connectivity index (χ4n) is 1.47. The maximum atomic E-state index is 11.8. The van der Waals surface area contributed by atoms with Gasteiger partial charge in [-0.25, -0.2) is 4.79 Å². The average Bonchev–Trinajstić information content (AvgIpc) is 2.38. The van der Waals surface area contributed by atoms with E-state index in [4.69, 9.17) is 10.2 Å². The zero-order valence-corrected chi connectivity index (χ0v) is 11.0. The molecule has 0 radical (unpaired) electrons. The van der Waals surface area contributed by atoms with Crippen LogP contribution in [0.3, 0.4) is 0 Å². The summed E-state index contributed by atoms with van der Waals surface area (Å²) < 4.78 is 0. The lowest BCUT2D eigenvalue weighted by molar-refractivity contribution is -0.146. The van der Waals surface area contributed by atoms with Gasteiger partial charge < -0.3 is 20.4 Å². The number of benzene rings is 1. The maximum absolute atomic E-state index is 11.8. The molecule has 0 unspecified atom stereocenters. The van der Waals surface area contributed by atoms with Gasteiger partial charge in [0.1, 0.15) is 0 Å². The molecule has 0 fully saturated rings. The molecule has 104 valence electrons. The van der Waals surface area contributed by atoms with Gasteiger partial charge >= 0.3 is 5.97 Å². The van der Waals surface area contributed by atoms with Crippen molar-refractivity contribution in [3.63, 3.8) is 0 Å². The molecular weight excluding hydrogens is 248 g/mol. The van der Waals surface area contributed by atoms with Crippen molar-refractivity contribution in [3.8, 4) is 0 Å². The highest BCUT2D eigenvalue weighted by molar-refractivity contribution is 5.95. The molecule has 0 bridgehead atoms. The van der Waals surface area contributed by atoms with Gasteiger partial charge in [0.25, 0.3) is 5.91 Å². The molecule has 0 heterocycles. The number of aliphatic carboxylic acids is 1. The Morgan fingerprint density at radius 1 is 1.37 bits per heavy atom. The lowest BCUT2D eigenvalue weighted by Crippen LogP contribution is -2.30. The Morgan fingerprint density at radius 2 is 2.05 bits per heavy atom. The van der Waals surface area contributed by atoms with Crippen molar-refractivity contribution < 1.29 is 19.8 Å². The lowest BCUT2D eigenvalue weighted by atomic mass is 10.1. The number of nitrogens with one attached hydrogen (secondary N) is 1. The minimum atomic E-state index is -1.45. The number of hydrogen-bond acceptors (Lipinski definition) is 4. The van der Waals surface area contributed by atoms with E-state index in [1.807, 2.05) is 25.1 Å². The number of carboxylic acids is 1. The molecule has 1 rings (SSSR count). The van der Waals surface area contributed by atoms with Crippen molar-refractivity contribution in [2.75, 3.05) is 25.5 Å². The van der Waals surface area contributed by atoms with Gasteiger partial charge in [-0.3, -0.25) is 4.79 Å². The van der Waals surface area contributed by atoms with Crippen molar-refractivity contribution in [1.82, 2.24) is 5.32 Å². The van der Waals surface area contributed by atoms with Crippen LogP contribution in [0.15, 0.2) is 24.3 Å². The maximum Gasteiger partial charge on any atom is 0.332 e. The third-order valence-corrected chi connectivity index (χ3v) is 2.61. The molecule has 0 spiro atoms. The summed E-state index contributed by atoms with van der Waals surface area (Å²) in [5.74, 6) is -1.58. The molecule has 0 aliphatic heterocycles. The third-order valence-electron chi connectivity index (χ3n) is 2.61. The molecule has 0 saturated heterocycles. The van der Waals surface area contributed by atoms with Crippen LogP contribution < -0.4 is 10.2 Å². The number of rotatable bonds is 6. The van der Waals surface area contributed by atoms with Gasteiger partial charge in [0.05, 0.1) is 0 Å². The first-order chi connectivity index (χ1) is 8.91. The topological polar surface area (TPSA) is 89.9 Å². The van der Waals surface area contributed by atoms with E-state index in [9.17, 15) is 9.59 Å². The summed E-state index contributed by atoms with van der Waals surface area (Å²) in [6.07, 6.45) is -1.47. The molecule has 0 aromatic heterocycles. The number of amides is 1. The Labute approximate surface area is 111 Å². The summed E-state index contributed by atoms with van der Waals surface area (Å²) in [6.45, 7) is 0.110. The van der Waals surface area contributed by atoms with Crippen molar-refractivity contribution in [2.24, 2.45) is 0 Å². The van der Waals surface area contributed by atoms with Gasteiger partial charge in [-0.05, 0) is 18.2 Å². The van der Waals surface area contributed by atoms with E-state index in [1.165, 1.54) is 0 Å². The fourth-order valence-corrected chi connectivity index (χ4v) is 1.47. The van der Waals surface area contributed by atoms with Crippen LogP contribution in [0.5, 0.6) is 0 Å². The summed E-state index contributed by atoms with van der Waals surface area (Å²) in [7, 11) is 3.75. The zero-order valence-electron chi connectivity index (χ0n) is 11.0. The van der Waals surface area contributed by atoms with Crippen LogP contribution in [0.1, 0.15) is 16.8 Å². The second-order valence-corrected chi connectivity index (χ2v) is 4.34. The number of hydrogen-bond donors (Lipinski definition) is 3. The number of nitrogens with zero attached hydrogens (tertiary/aromatic N) is 1. The Balaban J connectivity index is 2.54. The van der Waals surface area contributed by atoms with Gasteiger partial charge in [0.15, 0.2) is 6.10 Å². The van der Waals surface area contributed by atoms with Crippen molar-refractivity contribution in [3.05, 3.63) is 29.8 Å². The van der Waals surface area contributed by atoms with E-state index in [2.05, 4.69) is 5.32 Å². The van der Waals surface area contributed by atoms with Crippen LogP contribution in [0.25, 0.3) is 0 Å². The minimum Gasteiger partial charge on any atom is -0.479 e. The molecule has 1 aromatic carbocycles. The highest BCUT2D eigenvalue weighted by Crippen LogP contribution is 2.13. The number of aliphatic hydroxyl groups excluding tert-OH is 1. The van der Waals surface area contributed by atoms with E-state index >= 15 is 0 Å². The molecule has 6 nitrogen and oxygen atoms in total. The summed E-state index contributed by atoms with van der Waals surface area (Å²) >= 11 is 0. The standard InChI is InChI=1S/C13H18N2O4/c1-15(2)10-5-3-4-9(8-10)12(17)14-7-6-11(16)13(18)19/h3-5,8,11,16H,6-7H2,1-2H3,(H,14,17)(H,18,19)/t11-/m0/s1. The Bertz CT molecular complexity index is 460. The number of carbonyl (C=O) groups is 2. The fraction of sp³-hybridized carbons (Fsp3) is 0.385. The predicted molar refractivity (Wildman–Crippen MR) is 71.4 cm³/mol. The van der Waals surface area contributed by atoms with Crippen molar-refractivity contribution in [1.29, 1.82) is 0 Å². The van der Waals surface area contributed by atoms with E-state index in [-0.39, 0.29) is 18.9 Å². The Hall–Kier alpha value is -2.08. The van der Waals surface area contributed by atoms with Gasteiger partial charge in [-0.1, -0.05) is 6.07 Å². The van der Waals surface area contributed by atoms with Crippen molar-refractivity contribution in [2.45, 2.75) is 12.5 Å². The first kappa shape index (κ1) is 15.0. The lowest BCUT2D eigenvalue weighted by Gasteiger charge is -2.13. The molecule has 1 aromatic rings. The minimum absolute atomic E-state index is 0.0194. The Morgan fingerprint density at radius 3 is 2.63 bits per heavy atom. The quantitative estimate of drug-likeness (QED) is 0.690. The van der Waals surface area contributed by atoms with Crippen LogP contribution in [0.2, 0.25) is 0 Å². The summed E-state index contributed by atoms with van der Waals surface area (Å²) in [5, 5.41) is 20.1. The molecule has 0 aliphatic carbocycles. The first-order valence-corrected chi connectivity index (χ1v) is 5.88. The van der Waals surface area contributed by atoms with Crippen LogP contribution in [0.4, 0.5) is 5.69 Å². The van der Waals surface area contributed by atoms with E-state index in [1.54, 1.807) is 18.2 Å². The molecular formula is C13H18N2O4. The molecule has 3 N–H and O–H groups in total. The second-order valence-electron chi connectivity index (χ2n) is 4.34. The summed E-state index contributed by atoms with van der Waals surface area (Å²) in [5.41, 5.74) is 1.40. The smallest absolute Gasteiger partial charge is 0.332 e. The van der Waals surface area contributed by atoms with Gasteiger partial charge in [-0.2, -0.15) is 0 Å².